The molecule has 84 valence electrons. The minimum atomic E-state index is -0.134. The third-order valence-corrected chi connectivity index (χ3v) is 3.51. The highest BCUT2D eigenvalue weighted by Gasteiger charge is 2.26. The molecule has 16 heavy (non-hydrogen) atoms. The maximum Gasteiger partial charge on any atom is 0.106 e. The smallest absolute Gasteiger partial charge is 0.106 e. The van der Waals surface area contributed by atoms with Crippen molar-refractivity contribution in [1.82, 2.24) is 9.55 Å². The Kier molecular flexibility index (Phi) is 2.21. The van der Waals surface area contributed by atoms with Crippen LogP contribution in [-0.2, 0) is 0 Å². The molecule has 3 heteroatoms. The van der Waals surface area contributed by atoms with Gasteiger partial charge in [-0.1, -0.05) is 12.1 Å². The Morgan fingerprint density at radius 1 is 1.31 bits per heavy atom. The van der Waals surface area contributed by atoms with Crippen molar-refractivity contribution in [2.75, 3.05) is 0 Å². The number of fused-ring (bicyclic) bond motifs is 1. The fraction of sp³-hybridized carbons (Fsp3) is 0.462. The van der Waals surface area contributed by atoms with E-state index in [9.17, 15) is 5.11 Å². The van der Waals surface area contributed by atoms with Gasteiger partial charge in [-0.15, -0.1) is 0 Å². The zero-order valence-corrected chi connectivity index (χ0v) is 9.43. The number of benzene rings is 1. The zero-order valence-electron chi connectivity index (χ0n) is 9.43. The van der Waals surface area contributed by atoms with Crippen LogP contribution in [0.2, 0.25) is 0 Å². The van der Waals surface area contributed by atoms with Crippen molar-refractivity contribution in [3.63, 3.8) is 0 Å². The van der Waals surface area contributed by atoms with Gasteiger partial charge in [0.15, 0.2) is 0 Å². The maximum atomic E-state index is 9.63. The summed E-state index contributed by atoms with van der Waals surface area (Å²) >= 11 is 0. The van der Waals surface area contributed by atoms with E-state index in [4.69, 9.17) is 0 Å². The molecule has 2 unspecified atom stereocenters. The van der Waals surface area contributed by atoms with Gasteiger partial charge < -0.3 is 9.67 Å². The molecular weight excluding hydrogens is 200 g/mol. The highest BCUT2D eigenvalue weighted by molar-refractivity contribution is 5.76. The van der Waals surface area contributed by atoms with Crippen molar-refractivity contribution in [3.8, 4) is 0 Å². The van der Waals surface area contributed by atoms with Crippen LogP contribution in [0.25, 0.3) is 11.0 Å². The van der Waals surface area contributed by atoms with E-state index in [1.54, 1.807) is 0 Å². The second-order valence-corrected chi connectivity index (χ2v) is 4.64. The van der Waals surface area contributed by atoms with Crippen molar-refractivity contribution in [2.45, 2.75) is 38.3 Å². The predicted octanol–water partition coefficient (Wildman–Crippen LogP) is 2.43. The minimum Gasteiger partial charge on any atom is -0.393 e. The van der Waals surface area contributed by atoms with Gasteiger partial charge in [0.25, 0.3) is 0 Å². The van der Waals surface area contributed by atoms with Gasteiger partial charge >= 0.3 is 0 Å². The molecule has 1 aliphatic rings. The molecule has 0 aliphatic heterocycles. The van der Waals surface area contributed by atoms with Gasteiger partial charge in [-0.25, -0.2) is 4.98 Å². The third-order valence-electron chi connectivity index (χ3n) is 3.51. The summed E-state index contributed by atoms with van der Waals surface area (Å²) in [5, 5.41) is 9.63. The van der Waals surface area contributed by atoms with E-state index in [-0.39, 0.29) is 6.10 Å². The number of nitrogens with zero attached hydrogens (tertiary/aromatic N) is 2. The van der Waals surface area contributed by atoms with Gasteiger partial charge in [0.1, 0.15) is 5.82 Å². The molecule has 0 bridgehead atoms. The lowest BCUT2D eigenvalue weighted by Crippen LogP contribution is -2.08. The molecule has 1 aliphatic carbocycles. The van der Waals surface area contributed by atoms with Crippen LogP contribution < -0.4 is 0 Å². The highest BCUT2D eigenvalue weighted by atomic mass is 16.3. The van der Waals surface area contributed by atoms with Gasteiger partial charge in [-0.2, -0.15) is 0 Å². The fourth-order valence-electron chi connectivity index (χ4n) is 2.79. The first-order valence-corrected chi connectivity index (χ1v) is 5.87. The Hall–Kier alpha value is -1.35. The molecule has 1 heterocycles. The summed E-state index contributed by atoms with van der Waals surface area (Å²) in [4.78, 5) is 4.56. The molecule has 1 N–H and O–H groups in total. The van der Waals surface area contributed by atoms with Crippen LogP contribution in [0.5, 0.6) is 0 Å². The largest absolute Gasteiger partial charge is 0.393 e. The van der Waals surface area contributed by atoms with Crippen LogP contribution in [-0.4, -0.2) is 20.8 Å². The average molecular weight is 216 g/mol. The topological polar surface area (TPSA) is 38.0 Å². The van der Waals surface area contributed by atoms with E-state index >= 15 is 0 Å². The number of rotatable bonds is 1. The first-order chi connectivity index (χ1) is 7.75. The second-order valence-electron chi connectivity index (χ2n) is 4.64. The average Bonchev–Trinajstić information content (AvgIpc) is 2.80. The number of hydrogen-bond acceptors (Lipinski definition) is 2. The number of imidazole rings is 1. The van der Waals surface area contributed by atoms with E-state index in [1.807, 2.05) is 25.1 Å². The summed E-state index contributed by atoms with van der Waals surface area (Å²) in [5.74, 6) is 1.06. The lowest BCUT2D eigenvalue weighted by Gasteiger charge is -2.14. The number of aromatic nitrogens is 2. The molecule has 0 radical (unpaired) electrons. The van der Waals surface area contributed by atoms with E-state index < -0.39 is 0 Å². The van der Waals surface area contributed by atoms with E-state index in [1.165, 1.54) is 5.52 Å². The molecule has 0 spiro atoms. The summed E-state index contributed by atoms with van der Waals surface area (Å²) in [7, 11) is 0. The predicted molar refractivity (Wildman–Crippen MR) is 63.4 cm³/mol. The summed E-state index contributed by atoms with van der Waals surface area (Å²) < 4.78 is 2.28. The molecular formula is C13H16N2O. The van der Waals surface area contributed by atoms with Gasteiger partial charge in [0.2, 0.25) is 0 Å². The van der Waals surface area contributed by atoms with E-state index in [0.29, 0.717) is 6.04 Å². The molecule has 3 nitrogen and oxygen atoms in total. The van der Waals surface area contributed by atoms with Gasteiger partial charge in [0.05, 0.1) is 17.1 Å². The number of para-hydroxylation sites is 2. The lowest BCUT2D eigenvalue weighted by molar-refractivity contribution is 0.178. The van der Waals surface area contributed by atoms with Crippen LogP contribution in [0, 0.1) is 6.92 Å². The van der Waals surface area contributed by atoms with Crippen LogP contribution >= 0.6 is 0 Å². The highest BCUT2D eigenvalue weighted by Crippen LogP contribution is 2.33. The van der Waals surface area contributed by atoms with Crippen molar-refractivity contribution in [2.24, 2.45) is 0 Å². The third kappa shape index (κ3) is 1.43. The van der Waals surface area contributed by atoms with Gasteiger partial charge in [-0.3, -0.25) is 0 Å². The molecule has 0 saturated heterocycles. The molecule has 1 fully saturated rings. The Bertz CT molecular complexity index is 518. The van der Waals surface area contributed by atoms with Crippen molar-refractivity contribution in [1.29, 1.82) is 0 Å². The molecule has 1 saturated carbocycles. The standard InChI is InChI=1S/C13H16N2O/c1-9-14-12-4-2-3-5-13(12)15(9)10-6-7-11(16)8-10/h2-5,10-11,16H,6-8H2,1H3. The monoisotopic (exact) mass is 216 g/mol. The quantitative estimate of drug-likeness (QED) is 0.795. The van der Waals surface area contributed by atoms with Crippen LogP contribution in [0.3, 0.4) is 0 Å². The van der Waals surface area contributed by atoms with Crippen LogP contribution in [0.15, 0.2) is 24.3 Å². The normalized spacial score (nSPS) is 25.4. The summed E-state index contributed by atoms with van der Waals surface area (Å²) in [6.45, 7) is 2.05. The fourth-order valence-corrected chi connectivity index (χ4v) is 2.79. The summed E-state index contributed by atoms with van der Waals surface area (Å²) in [6.07, 6.45) is 2.70. The number of aliphatic hydroxyl groups excluding tert-OH is 1. The van der Waals surface area contributed by atoms with Gasteiger partial charge in [0, 0.05) is 6.04 Å². The first kappa shape index (κ1) is 9.85. The number of aliphatic hydroxyl groups is 1. The Balaban J connectivity index is 2.12. The van der Waals surface area contributed by atoms with Crippen LogP contribution in [0.4, 0.5) is 0 Å². The molecule has 3 rings (SSSR count). The van der Waals surface area contributed by atoms with Crippen molar-refractivity contribution in [3.05, 3.63) is 30.1 Å². The summed E-state index contributed by atoms with van der Waals surface area (Å²) in [5.41, 5.74) is 2.25. The molecule has 2 atom stereocenters. The lowest BCUT2D eigenvalue weighted by atomic mass is 10.2. The summed E-state index contributed by atoms with van der Waals surface area (Å²) in [6, 6.07) is 8.64. The SMILES string of the molecule is Cc1nc2ccccc2n1C1CCC(O)C1. The second kappa shape index (κ2) is 3.59. The molecule has 1 aromatic carbocycles. The minimum absolute atomic E-state index is 0.134. The number of aryl methyl sites for hydroxylation is 1. The number of hydrogen-bond donors (Lipinski definition) is 1. The molecule has 0 amide bonds. The Morgan fingerprint density at radius 3 is 2.88 bits per heavy atom. The Morgan fingerprint density at radius 2 is 2.12 bits per heavy atom. The first-order valence-electron chi connectivity index (χ1n) is 5.87. The van der Waals surface area contributed by atoms with Gasteiger partial charge in [-0.05, 0) is 38.3 Å². The van der Waals surface area contributed by atoms with E-state index in [0.717, 1.165) is 30.6 Å². The van der Waals surface area contributed by atoms with E-state index in [2.05, 4.69) is 15.6 Å². The molecule has 1 aromatic heterocycles. The zero-order chi connectivity index (χ0) is 11.1. The van der Waals surface area contributed by atoms with Crippen LogP contribution in [0.1, 0.15) is 31.1 Å². The van der Waals surface area contributed by atoms with Crippen molar-refractivity contribution < 1.29 is 5.11 Å². The molecule has 2 aromatic rings. The van der Waals surface area contributed by atoms with Crippen molar-refractivity contribution >= 4 is 11.0 Å². The Labute approximate surface area is 94.7 Å². The maximum absolute atomic E-state index is 9.63.